The molecular formula is C15H15BrN2O3S. The molecule has 0 fully saturated rings. The molecule has 5 nitrogen and oxygen atoms in total. The molecule has 0 aliphatic heterocycles. The molecule has 2 aromatic carbocycles. The third kappa shape index (κ3) is 3.73. The van der Waals surface area contributed by atoms with Crippen LogP contribution in [0.25, 0.3) is 0 Å². The molecule has 2 rings (SSSR count). The smallest absolute Gasteiger partial charge is 0.255 e. The fraction of sp³-hybridized carbons (Fsp3) is 0.133. The highest BCUT2D eigenvalue weighted by Crippen LogP contribution is 2.20. The van der Waals surface area contributed by atoms with Gasteiger partial charge in [-0.05, 0) is 62.0 Å². The molecule has 0 saturated carbocycles. The molecule has 7 heteroatoms. The van der Waals surface area contributed by atoms with Crippen LogP contribution in [0.1, 0.15) is 15.9 Å². The number of hydrogen-bond donors (Lipinski definition) is 2. The lowest BCUT2D eigenvalue weighted by Gasteiger charge is -2.08. The Bertz CT molecular complexity index is 802. The SMILES string of the molecule is CNS(=O)(=O)c1ccc(C(=O)Nc2ccc(Br)c(C)c2)cc1. The fourth-order valence-electron chi connectivity index (χ4n) is 1.83. The van der Waals surface area contributed by atoms with Crippen LogP contribution in [0.4, 0.5) is 5.69 Å². The summed E-state index contributed by atoms with van der Waals surface area (Å²) in [5, 5.41) is 2.77. The average molecular weight is 383 g/mol. The summed E-state index contributed by atoms with van der Waals surface area (Å²) < 4.78 is 26.4. The number of hydrogen-bond acceptors (Lipinski definition) is 3. The lowest BCUT2D eigenvalue weighted by molar-refractivity contribution is 0.102. The summed E-state index contributed by atoms with van der Waals surface area (Å²) in [7, 11) is -2.16. The number of aryl methyl sites for hydroxylation is 1. The molecule has 0 aliphatic carbocycles. The molecule has 2 N–H and O–H groups in total. The molecule has 0 saturated heterocycles. The van der Waals surface area contributed by atoms with Crippen molar-refractivity contribution in [3.05, 3.63) is 58.1 Å². The van der Waals surface area contributed by atoms with Crippen LogP contribution in [-0.4, -0.2) is 21.4 Å². The Hall–Kier alpha value is -1.70. The second-order valence-corrected chi connectivity index (χ2v) is 7.39. The average Bonchev–Trinajstić information content (AvgIpc) is 2.51. The predicted molar refractivity (Wildman–Crippen MR) is 89.5 cm³/mol. The first-order chi connectivity index (χ1) is 10.3. The third-order valence-electron chi connectivity index (χ3n) is 3.11. The van der Waals surface area contributed by atoms with E-state index < -0.39 is 10.0 Å². The van der Waals surface area contributed by atoms with Crippen LogP contribution in [0, 0.1) is 6.92 Å². The summed E-state index contributed by atoms with van der Waals surface area (Å²) in [5.41, 5.74) is 2.07. The lowest BCUT2D eigenvalue weighted by Crippen LogP contribution is -2.19. The van der Waals surface area contributed by atoms with Crippen LogP contribution >= 0.6 is 15.9 Å². The van der Waals surface area contributed by atoms with E-state index in [0.29, 0.717) is 11.3 Å². The van der Waals surface area contributed by atoms with Gasteiger partial charge in [0.05, 0.1) is 4.90 Å². The van der Waals surface area contributed by atoms with E-state index in [0.717, 1.165) is 10.0 Å². The molecule has 116 valence electrons. The summed E-state index contributed by atoms with van der Waals surface area (Å²) in [6.45, 7) is 1.93. The van der Waals surface area contributed by atoms with Gasteiger partial charge >= 0.3 is 0 Å². The van der Waals surface area contributed by atoms with E-state index in [1.807, 2.05) is 19.1 Å². The Morgan fingerprint density at radius 2 is 1.73 bits per heavy atom. The highest BCUT2D eigenvalue weighted by molar-refractivity contribution is 9.10. The number of anilines is 1. The first-order valence-corrected chi connectivity index (χ1v) is 8.72. The van der Waals surface area contributed by atoms with Gasteiger partial charge in [-0.2, -0.15) is 0 Å². The third-order valence-corrected chi connectivity index (χ3v) is 5.43. The first-order valence-electron chi connectivity index (χ1n) is 6.44. The van der Waals surface area contributed by atoms with E-state index in [-0.39, 0.29) is 10.8 Å². The van der Waals surface area contributed by atoms with Gasteiger partial charge in [-0.25, -0.2) is 13.1 Å². The van der Waals surface area contributed by atoms with Gasteiger partial charge in [-0.3, -0.25) is 4.79 Å². The Morgan fingerprint density at radius 1 is 1.09 bits per heavy atom. The zero-order valence-corrected chi connectivity index (χ0v) is 14.5. The van der Waals surface area contributed by atoms with Gasteiger partial charge in [0, 0.05) is 15.7 Å². The van der Waals surface area contributed by atoms with Crippen molar-refractivity contribution in [2.75, 3.05) is 12.4 Å². The van der Waals surface area contributed by atoms with E-state index in [4.69, 9.17) is 0 Å². The number of benzene rings is 2. The van der Waals surface area contributed by atoms with Crippen molar-refractivity contribution in [2.24, 2.45) is 0 Å². The topological polar surface area (TPSA) is 75.3 Å². The molecule has 0 unspecified atom stereocenters. The number of sulfonamides is 1. The van der Waals surface area contributed by atoms with Crippen LogP contribution in [0.5, 0.6) is 0 Å². The number of nitrogens with one attached hydrogen (secondary N) is 2. The Morgan fingerprint density at radius 3 is 2.27 bits per heavy atom. The van der Waals surface area contributed by atoms with Crippen LogP contribution in [-0.2, 0) is 10.0 Å². The van der Waals surface area contributed by atoms with E-state index in [2.05, 4.69) is 26.0 Å². The van der Waals surface area contributed by atoms with Crippen molar-refractivity contribution in [3.8, 4) is 0 Å². The number of carbonyl (C=O) groups is 1. The van der Waals surface area contributed by atoms with Crippen LogP contribution in [0.15, 0.2) is 51.8 Å². The molecule has 2 aromatic rings. The van der Waals surface area contributed by atoms with Crippen LogP contribution in [0.3, 0.4) is 0 Å². The van der Waals surface area contributed by atoms with Gasteiger partial charge in [-0.15, -0.1) is 0 Å². The Labute approximate surface area is 137 Å². The Balaban J connectivity index is 2.18. The summed E-state index contributed by atoms with van der Waals surface area (Å²) in [5.74, 6) is -0.296. The van der Waals surface area contributed by atoms with Crippen molar-refractivity contribution in [1.29, 1.82) is 0 Å². The quantitative estimate of drug-likeness (QED) is 0.853. The summed E-state index contributed by atoms with van der Waals surface area (Å²) in [6.07, 6.45) is 0. The highest BCUT2D eigenvalue weighted by Gasteiger charge is 2.12. The molecule has 0 radical (unpaired) electrons. The standard InChI is InChI=1S/C15H15BrN2O3S/c1-10-9-12(5-8-14(10)16)18-15(19)11-3-6-13(7-4-11)22(20,21)17-2/h3-9,17H,1-2H3,(H,18,19). The van der Waals surface area contributed by atoms with Gasteiger partial charge in [0.25, 0.3) is 5.91 Å². The molecule has 22 heavy (non-hydrogen) atoms. The minimum Gasteiger partial charge on any atom is -0.322 e. The van der Waals surface area contributed by atoms with E-state index in [1.165, 1.54) is 31.3 Å². The summed E-state index contributed by atoms with van der Waals surface area (Å²) in [4.78, 5) is 12.3. The maximum Gasteiger partial charge on any atom is 0.255 e. The normalized spacial score (nSPS) is 11.2. The largest absolute Gasteiger partial charge is 0.322 e. The number of halogens is 1. The van der Waals surface area contributed by atoms with Gasteiger partial charge in [0.15, 0.2) is 0 Å². The minimum absolute atomic E-state index is 0.117. The van der Waals surface area contributed by atoms with Crippen molar-refractivity contribution in [2.45, 2.75) is 11.8 Å². The van der Waals surface area contributed by atoms with Crippen molar-refractivity contribution >= 4 is 37.5 Å². The first kappa shape index (κ1) is 16.7. The van der Waals surface area contributed by atoms with Gasteiger partial charge in [0.1, 0.15) is 0 Å². The van der Waals surface area contributed by atoms with E-state index in [9.17, 15) is 13.2 Å². The molecule has 0 aliphatic rings. The van der Waals surface area contributed by atoms with Crippen molar-refractivity contribution in [3.63, 3.8) is 0 Å². The molecule has 0 aromatic heterocycles. The molecule has 1 amide bonds. The monoisotopic (exact) mass is 382 g/mol. The van der Waals surface area contributed by atoms with E-state index >= 15 is 0 Å². The second kappa shape index (κ2) is 6.60. The number of amides is 1. The van der Waals surface area contributed by atoms with E-state index in [1.54, 1.807) is 6.07 Å². The minimum atomic E-state index is -3.50. The second-order valence-electron chi connectivity index (χ2n) is 4.65. The molecular weight excluding hydrogens is 368 g/mol. The summed E-state index contributed by atoms with van der Waals surface area (Å²) in [6, 6.07) is 11.2. The number of carbonyl (C=O) groups excluding carboxylic acids is 1. The predicted octanol–water partition coefficient (Wildman–Crippen LogP) is 2.92. The molecule has 0 atom stereocenters. The lowest BCUT2D eigenvalue weighted by atomic mass is 10.2. The highest BCUT2D eigenvalue weighted by atomic mass is 79.9. The maximum atomic E-state index is 12.2. The fourth-order valence-corrected chi connectivity index (χ4v) is 2.81. The molecule has 0 heterocycles. The Kier molecular flexibility index (Phi) is 5.00. The van der Waals surface area contributed by atoms with Crippen molar-refractivity contribution < 1.29 is 13.2 Å². The van der Waals surface area contributed by atoms with Gasteiger partial charge < -0.3 is 5.32 Å². The molecule has 0 spiro atoms. The van der Waals surface area contributed by atoms with Crippen LogP contribution in [0.2, 0.25) is 0 Å². The zero-order valence-electron chi connectivity index (χ0n) is 12.1. The van der Waals surface area contributed by atoms with Crippen molar-refractivity contribution in [1.82, 2.24) is 4.72 Å². The summed E-state index contributed by atoms with van der Waals surface area (Å²) >= 11 is 3.40. The molecule has 0 bridgehead atoms. The maximum absolute atomic E-state index is 12.2. The van der Waals surface area contributed by atoms with Crippen LogP contribution < -0.4 is 10.0 Å². The zero-order chi connectivity index (χ0) is 16.3. The number of rotatable bonds is 4. The van der Waals surface area contributed by atoms with Gasteiger partial charge in [-0.1, -0.05) is 15.9 Å². The van der Waals surface area contributed by atoms with Gasteiger partial charge in [0.2, 0.25) is 10.0 Å².